The monoisotopic (exact) mass is 289 g/mol. The highest BCUT2D eigenvalue weighted by Crippen LogP contribution is 2.49. The Morgan fingerprint density at radius 3 is 2.67 bits per heavy atom. The van der Waals surface area contributed by atoms with Gasteiger partial charge in [0.25, 0.3) is 0 Å². The van der Waals surface area contributed by atoms with E-state index in [4.69, 9.17) is 9.47 Å². The van der Waals surface area contributed by atoms with Gasteiger partial charge in [0.15, 0.2) is 0 Å². The molecule has 0 aromatic heterocycles. The normalized spacial score (nSPS) is 28.6. The van der Waals surface area contributed by atoms with Gasteiger partial charge in [-0.15, -0.1) is 0 Å². The Kier molecular flexibility index (Phi) is 4.39. The number of hydrogen-bond acceptors (Lipinski definition) is 3. The standard InChI is InChI=1S/C18H27NO2/c1-12(17-9-13-4-5-14(17)8-13)19-11-15-10-16(20-2)6-7-18(15)21-3/h6-7,10,12-14,17,19H,4-5,8-9,11H2,1-3H3. The molecule has 0 radical (unpaired) electrons. The van der Waals surface area contributed by atoms with Crippen molar-refractivity contribution in [3.8, 4) is 11.5 Å². The van der Waals surface area contributed by atoms with Gasteiger partial charge < -0.3 is 14.8 Å². The molecular weight excluding hydrogens is 262 g/mol. The van der Waals surface area contributed by atoms with Crippen molar-refractivity contribution in [2.75, 3.05) is 14.2 Å². The van der Waals surface area contributed by atoms with Gasteiger partial charge in [-0.05, 0) is 62.1 Å². The lowest BCUT2D eigenvalue weighted by Gasteiger charge is -2.29. The maximum atomic E-state index is 5.46. The van der Waals surface area contributed by atoms with Crippen molar-refractivity contribution in [2.24, 2.45) is 17.8 Å². The van der Waals surface area contributed by atoms with Crippen molar-refractivity contribution in [1.29, 1.82) is 0 Å². The van der Waals surface area contributed by atoms with Crippen LogP contribution in [0.3, 0.4) is 0 Å². The van der Waals surface area contributed by atoms with Crippen LogP contribution in [0.2, 0.25) is 0 Å². The Labute approximate surface area is 128 Å². The number of rotatable bonds is 6. The number of hydrogen-bond donors (Lipinski definition) is 1. The van der Waals surface area contributed by atoms with Crippen LogP contribution in [0.4, 0.5) is 0 Å². The first kappa shape index (κ1) is 14.7. The van der Waals surface area contributed by atoms with Crippen LogP contribution in [-0.2, 0) is 6.54 Å². The Balaban J connectivity index is 1.61. The Morgan fingerprint density at radius 2 is 2.05 bits per heavy atom. The molecule has 116 valence electrons. The minimum absolute atomic E-state index is 0.580. The average Bonchev–Trinajstić information content (AvgIpc) is 3.15. The maximum Gasteiger partial charge on any atom is 0.123 e. The summed E-state index contributed by atoms with van der Waals surface area (Å²) in [6.07, 6.45) is 5.81. The van der Waals surface area contributed by atoms with Crippen LogP contribution in [-0.4, -0.2) is 20.3 Å². The van der Waals surface area contributed by atoms with E-state index in [-0.39, 0.29) is 0 Å². The summed E-state index contributed by atoms with van der Waals surface area (Å²) < 4.78 is 10.8. The first-order valence-electron chi connectivity index (χ1n) is 8.15. The van der Waals surface area contributed by atoms with E-state index in [9.17, 15) is 0 Å². The minimum atomic E-state index is 0.580. The van der Waals surface area contributed by atoms with Crippen molar-refractivity contribution >= 4 is 0 Å². The molecule has 2 saturated carbocycles. The molecule has 0 spiro atoms. The molecule has 2 aliphatic rings. The Bertz CT molecular complexity index is 488. The number of ether oxygens (including phenoxy) is 2. The first-order valence-corrected chi connectivity index (χ1v) is 8.15. The highest BCUT2D eigenvalue weighted by atomic mass is 16.5. The van der Waals surface area contributed by atoms with Gasteiger partial charge in [-0.1, -0.05) is 6.42 Å². The van der Waals surface area contributed by atoms with Gasteiger partial charge in [-0.3, -0.25) is 0 Å². The van der Waals surface area contributed by atoms with Crippen LogP contribution in [0.5, 0.6) is 11.5 Å². The van der Waals surface area contributed by atoms with Crippen LogP contribution in [0.15, 0.2) is 18.2 Å². The molecule has 4 atom stereocenters. The summed E-state index contributed by atoms with van der Waals surface area (Å²) in [6.45, 7) is 3.19. The fourth-order valence-corrected chi connectivity index (χ4v) is 4.35. The molecule has 21 heavy (non-hydrogen) atoms. The fraction of sp³-hybridized carbons (Fsp3) is 0.667. The quantitative estimate of drug-likeness (QED) is 0.867. The molecule has 3 rings (SSSR count). The maximum absolute atomic E-state index is 5.46. The van der Waals surface area contributed by atoms with Crippen LogP contribution in [0.1, 0.15) is 38.2 Å². The molecule has 1 N–H and O–H groups in total. The van der Waals surface area contributed by atoms with Crippen molar-refractivity contribution in [2.45, 2.75) is 45.2 Å². The molecule has 2 aliphatic carbocycles. The van der Waals surface area contributed by atoms with E-state index in [1.54, 1.807) is 14.2 Å². The molecule has 3 heteroatoms. The van der Waals surface area contributed by atoms with Crippen molar-refractivity contribution in [3.63, 3.8) is 0 Å². The fourth-order valence-electron chi connectivity index (χ4n) is 4.35. The summed E-state index contributed by atoms with van der Waals surface area (Å²) in [5, 5.41) is 3.72. The van der Waals surface area contributed by atoms with Gasteiger partial charge >= 0.3 is 0 Å². The molecule has 1 aromatic carbocycles. The third-order valence-electron chi connectivity index (χ3n) is 5.54. The van der Waals surface area contributed by atoms with E-state index in [0.29, 0.717) is 6.04 Å². The van der Waals surface area contributed by atoms with E-state index < -0.39 is 0 Å². The molecule has 0 heterocycles. The zero-order chi connectivity index (χ0) is 14.8. The second-order valence-electron chi connectivity index (χ2n) is 6.69. The van der Waals surface area contributed by atoms with Gasteiger partial charge in [0.2, 0.25) is 0 Å². The van der Waals surface area contributed by atoms with Crippen LogP contribution in [0, 0.1) is 17.8 Å². The predicted octanol–water partition coefficient (Wildman–Crippen LogP) is 3.62. The van der Waals surface area contributed by atoms with E-state index >= 15 is 0 Å². The highest BCUT2D eigenvalue weighted by molar-refractivity contribution is 5.40. The first-order chi connectivity index (χ1) is 10.2. The highest BCUT2D eigenvalue weighted by Gasteiger charge is 2.41. The second kappa shape index (κ2) is 6.27. The average molecular weight is 289 g/mol. The Morgan fingerprint density at radius 1 is 1.19 bits per heavy atom. The molecule has 4 unspecified atom stereocenters. The molecule has 2 fully saturated rings. The minimum Gasteiger partial charge on any atom is -0.497 e. The lowest BCUT2D eigenvalue weighted by Crippen LogP contribution is -2.35. The van der Waals surface area contributed by atoms with Crippen LogP contribution in [0.25, 0.3) is 0 Å². The lowest BCUT2D eigenvalue weighted by atomic mass is 9.84. The molecule has 0 saturated heterocycles. The van der Waals surface area contributed by atoms with Crippen molar-refractivity contribution < 1.29 is 9.47 Å². The van der Waals surface area contributed by atoms with Crippen molar-refractivity contribution in [1.82, 2.24) is 5.32 Å². The smallest absolute Gasteiger partial charge is 0.123 e. The number of fused-ring (bicyclic) bond motifs is 2. The van der Waals surface area contributed by atoms with Crippen LogP contribution < -0.4 is 14.8 Å². The summed E-state index contributed by atoms with van der Waals surface area (Å²) in [6, 6.07) is 6.58. The van der Waals surface area contributed by atoms with E-state index in [1.807, 2.05) is 12.1 Å². The predicted molar refractivity (Wildman–Crippen MR) is 84.8 cm³/mol. The molecule has 3 nitrogen and oxygen atoms in total. The second-order valence-corrected chi connectivity index (χ2v) is 6.69. The lowest BCUT2D eigenvalue weighted by molar-refractivity contribution is 0.258. The van der Waals surface area contributed by atoms with Gasteiger partial charge in [-0.25, -0.2) is 0 Å². The summed E-state index contributed by atoms with van der Waals surface area (Å²) in [7, 11) is 3.43. The van der Waals surface area contributed by atoms with Gasteiger partial charge in [0.05, 0.1) is 14.2 Å². The van der Waals surface area contributed by atoms with Gasteiger partial charge in [0, 0.05) is 18.2 Å². The SMILES string of the molecule is COc1ccc(OC)c(CNC(C)C2CC3CCC2C3)c1. The molecule has 2 bridgehead atoms. The molecular formula is C18H27NO2. The summed E-state index contributed by atoms with van der Waals surface area (Å²) in [4.78, 5) is 0. The molecule has 1 aromatic rings. The largest absolute Gasteiger partial charge is 0.497 e. The van der Waals surface area contributed by atoms with E-state index in [1.165, 1.54) is 31.2 Å². The summed E-state index contributed by atoms with van der Waals surface area (Å²) >= 11 is 0. The Hall–Kier alpha value is -1.22. The van der Waals surface area contributed by atoms with Crippen LogP contribution >= 0.6 is 0 Å². The number of nitrogens with one attached hydrogen (secondary N) is 1. The third-order valence-corrected chi connectivity index (χ3v) is 5.54. The zero-order valence-electron chi connectivity index (χ0n) is 13.4. The molecule has 0 aliphatic heterocycles. The topological polar surface area (TPSA) is 30.5 Å². The molecule has 0 amide bonds. The zero-order valence-corrected chi connectivity index (χ0v) is 13.4. The number of benzene rings is 1. The summed E-state index contributed by atoms with van der Waals surface area (Å²) in [5.74, 6) is 4.66. The van der Waals surface area contributed by atoms with E-state index in [0.717, 1.165) is 35.8 Å². The van der Waals surface area contributed by atoms with E-state index in [2.05, 4.69) is 18.3 Å². The van der Waals surface area contributed by atoms with Crippen molar-refractivity contribution in [3.05, 3.63) is 23.8 Å². The summed E-state index contributed by atoms with van der Waals surface area (Å²) in [5.41, 5.74) is 1.17. The van der Waals surface area contributed by atoms with Gasteiger partial charge in [0.1, 0.15) is 11.5 Å². The number of methoxy groups -OCH3 is 2. The third kappa shape index (κ3) is 3.03. The van der Waals surface area contributed by atoms with Gasteiger partial charge in [-0.2, -0.15) is 0 Å².